The number of aromatic nitrogens is 2. The molecule has 6 nitrogen and oxygen atoms in total. The van der Waals surface area contributed by atoms with Crippen LogP contribution in [0.3, 0.4) is 0 Å². The van der Waals surface area contributed by atoms with Crippen LogP contribution in [0.5, 0.6) is 5.75 Å². The fraction of sp³-hybridized carbons (Fsp3) is 0.364. The minimum Gasteiger partial charge on any atom is -0.489 e. The number of aryl methyl sites for hydroxylation is 1. The van der Waals surface area contributed by atoms with Crippen molar-refractivity contribution in [2.24, 2.45) is 7.05 Å². The van der Waals surface area contributed by atoms with Gasteiger partial charge < -0.3 is 10.1 Å². The number of benzene rings is 2. The molecule has 0 aliphatic carbocycles. The van der Waals surface area contributed by atoms with Crippen molar-refractivity contribution in [2.75, 3.05) is 19.6 Å². The smallest absolute Gasteiger partial charge is 0.401 e. The van der Waals surface area contributed by atoms with Crippen molar-refractivity contribution in [3.8, 4) is 5.75 Å². The number of carbonyl (C=O) groups is 1. The molecule has 1 saturated heterocycles. The topological polar surface area (TPSA) is 59.4 Å². The van der Waals surface area contributed by atoms with Crippen LogP contribution in [0.1, 0.15) is 22.5 Å². The summed E-state index contributed by atoms with van der Waals surface area (Å²) in [7, 11) is 1.67. The summed E-state index contributed by atoms with van der Waals surface area (Å²) in [5.41, 5.74) is 2.02. The molecule has 0 bridgehead atoms. The van der Waals surface area contributed by atoms with Crippen LogP contribution in [-0.4, -0.2) is 52.4 Å². The Morgan fingerprint density at radius 3 is 2.74 bits per heavy atom. The molecular formula is C22H23F3N4O2. The molecule has 2 aromatic carbocycles. The summed E-state index contributed by atoms with van der Waals surface area (Å²) in [6, 6.07) is 14.7. The lowest BCUT2D eigenvalue weighted by atomic mass is 10.1. The lowest BCUT2D eigenvalue weighted by Gasteiger charge is -2.18. The maximum Gasteiger partial charge on any atom is 0.401 e. The monoisotopic (exact) mass is 432 g/mol. The largest absolute Gasteiger partial charge is 0.489 e. The number of ether oxygens (including phenoxy) is 1. The normalized spacial score (nSPS) is 17.2. The molecule has 164 valence electrons. The van der Waals surface area contributed by atoms with Crippen molar-refractivity contribution in [1.82, 2.24) is 20.0 Å². The fourth-order valence-electron chi connectivity index (χ4n) is 3.88. The summed E-state index contributed by atoms with van der Waals surface area (Å²) in [5, 5.41) is 7.87. The molecule has 1 N–H and O–H groups in total. The van der Waals surface area contributed by atoms with E-state index in [0.29, 0.717) is 41.9 Å². The average molecular weight is 432 g/mol. The lowest BCUT2D eigenvalue weighted by Crippen LogP contribution is -2.39. The number of carbonyl (C=O) groups excluding carboxylic acids is 1. The summed E-state index contributed by atoms with van der Waals surface area (Å²) in [4.78, 5) is 14.2. The third kappa shape index (κ3) is 5.16. The molecule has 31 heavy (non-hydrogen) atoms. The van der Waals surface area contributed by atoms with Gasteiger partial charge in [-0.2, -0.15) is 18.3 Å². The van der Waals surface area contributed by atoms with E-state index in [4.69, 9.17) is 4.74 Å². The van der Waals surface area contributed by atoms with Crippen molar-refractivity contribution < 1.29 is 22.7 Å². The molecule has 4 rings (SSSR count). The molecule has 1 unspecified atom stereocenters. The summed E-state index contributed by atoms with van der Waals surface area (Å²) < 4.78 is 45.2. The van der Waals surface area contributed by atoms with Crippen molar-refractivity contribution in [3.63, 3.8) is 0 Å². The number of likely N-dealkylation sites (tertiary alicyclic amines) is 1. The number of amides is 1. The van der Waals surface area contributed by atoms with E-state index in [2.05, 4.69) is 10.4 Å². The summed E-state index contributed by atoms with van der Waals surface area (Å²) >= 11 is 0. The van der Waals surface area contributed by atoms with Gasteiger partial charge in [0, 0.05) is 31.6 Å². The Kier molecular flexibility index (Phi) is 5.86. The van der Waals surface area contributed by atoms with Crippen molar-refractivity contribution in [3.05, 3.63) is 59.8 Å². The predicted molar refractivity (Wildman–Crippen MR) is 110 cm³/mol. The predicted octanol–water partition coefficient (Wildman–Crippen LogP) is 3.52. The highest BCUT2D eigenvalue weighted by Crippen LogP contribution is 2.25. The van der Waals surface area contributed by atoms with Gasteiger partial charge >= 0.3 is 6.18 Å². The van der Waals surface area contributed by atoms with Gasteiger partial charge in [0.05, 0.1) is 12.1 Å². The van der Waals surface area contributed by atoms with Gasteiger partial charge in [0.2, 0.25) is 0 Å². The van der Waals surface area contributed by atoms with Crippen molar-refractivity contribution >= 4 is 16.8 Å². The van der Waals surface area contributed by atoms with Gasteiger partial charge in [-0.1, -0.05) is 30.3 Å². The first-order valence-corrected chi connectivity index (χ1v) is 10.0. The van der Waals surface area contributed by atoms with Crippen molar-refractivity contribution in [2.45, 2.75) is 25.2 Å². The Morgan fingerprint density at radius 1 is 1.23 bits per heavy atom. The maximum absolute atomic E-state index is 12.9. The molecule has 1 aliphatic heterocycles. The quantitative estimate of drug-likeness (QED) is 0.648. The first-order valence-electron chi connectivity index (χ1n) is 10.0. The van der Waals surface area contributed by atoms with E-state index in [0.717, 1.165) is 5.56 Å². The zero-order valence-electron chi connectivity index (χ0n) is 17.0. The van der Waals surface area contributed by atoms with E-state index in [9.17, 15) is 18.0 Å². The van der Waals surface area contributed by atoms with Crippen LogP contribution in [0.25, 0.3) is 10.9 Å². The number of nitrogens with zero attached hydrogens (tertiary/aromatic N) is 3. The maximum atomic E-state index is 12.9. The molecule has 1 atom stereocenters. The first-order chi connectivity index (χ1) is 14.8. The number of hydrogen-bond acceptors (Lipinski definition) is 4. The molecular weight excluding hydrogens is 409 g/mol. The van der Waals surface area contributed by atoms with Gasteiger partial charge in [0.25, 0.3) is 5.91 Å². The molecule has 2 heterocycles. The van der Waals surface area contributed by atoms with Gasteiger partial charge in [0.1, 0.15) is 18.1 Å². The van der Waals surface area contributed by atoms with E-state index >= 15 is 0 Å². The van der Waals surface area contributed by atoms with E-state index in [1.807, 2.05) is 30.3 Å². The molecule has 1 fully saturated rings. The number of hydrogen-bond donors (Lipinski definition) is 1. The van der Waals surface area contributed by atoms with Gasteiger partial charge in [-0.3, -0.25) is 14.4 Å². The fourth-order valence-corrected chi connectivity index (χ4v) is 3.88. The Morgan fingerprint density at radius 2 is 2.00 bits per heavy atom. The van der Waals surface area contributed by atoms with Crippen LogP contribution in [0.4, 0.5) is 13.2 Å². The van der Waals surface area contributed by atoms with Crippen LogP contribution in [0.15, 0.2) is 48.5 Å². The van der Waals surface area contributed by atoms with Gasteiger partial charge in [0.15, 0.2) is 0 Å². The van der Waals surface area contributed by atoms with Crippen LogP contribution >= 0.6 is 0 Å². The average Bonchev–Trinajstić information content (AvgIpc) is 3.28. The van der Waals surface area contributed by atoms with Crippen LogP contribution < -0.4 is 10.1 Å². The van der Waals surface area contributed by atoms with Crippen LogP contribution in [0.2, 0.25) is 0 Å². The van der Waals surface area contributed by atoms with E-state index in [-0.39, 0.29) is 18.5 Å². The molecule has 9 heteroatoms. The van der Waals surface area contributed by atoms with E-state index in [1.54, 1.807) is 25.2 Å². The lowest BCUT2D eigenvalue weighted by molar-refractivity contribution is -0.143. The van der Waals surface area contributed by atoms with Crippen molar-refractivity contribution in [1.29, 1.82) is 0 Å². The van der Waals surface area contributed by atoms with Gasteiger partial charge in [-0.25, -0.2) is 0 Å². The highest BCUT2D eigenvalue weighted by molar-refractivity contribution is 6.05. The highest BCUT2D eigenvalue weighted by atomic mass is 19.4. The third-order valence-electron chi connectivity index (χ3n) is 5.28. The summed E-state index contributed by atoms with van der Waals surface area (Å²) in [6.07, 6.45) is -3.77. The minimum absolute atomic E-state index is 0.173. The van der Waals surface area contributed by atoms with Gasteiger partial charge in [-0.15, -0.1) is 0 Å². The number of alkyl halides is 3. The second-order valence-electron chi connectivity index (χ2n) is 7.73. The van der Waals surface area contributed by atoms with E-state index < -0.39 is 12.7 Å². The zero-order chi connectivity index (χ0) is 22.0. The highest BCUT2D eigenvalue weighted by Gasteiger charge is 2.35. The zero-order valence-corrected chi connectivity index (χ0v) is 17.0. The Labute approximate surface area is 177 Å². The minimum atomic E-state index is -4.24. The number of nitrogens with one attached hydrogen (secondary N) is 1. The Balaban J connectivity index is 1.46. The Hall–Kier alpha value is -3.07. The Bertz CT molecular complexity index is 1070. The SMILES string of the molecule is Cn1nc2ccc(OCc3ccccc3)cc2c1C(=O)NC1CCN(CC(F)(F)F)C1. The molecule has 1 amide bonds. The second kappa shape index (κ2) is 8.58. The van der Waals surface area contributed by atoms with E-state index in [1.165, 1.54) is 9.58 Å². The first kappa shape index (κ1) is 21.2. The number of halogens is 3. The van der Waals surface area contributed by atoms with Crippen LogP contribution in [0, 0.1) is 0 Å². The number of fused-ring (bicyclic) bond motifs is 1. The molecule has 1 aromatic heterocycles. The molecule has 1 aliphatic rings. The van der Waals surface area contributed by atoms with Crippen LogP contribution in [-0.2, 0) is 13.7 Å². The molecule has 0 radical (unpaired) electrons. The molecule has 0 saturated carbocycles. The second-order valence-corrected chi connectivity index (χ2v) is 7.73. The number of rotatable bonds is 6. The van der Waals surface area contributed by atoms with Gasteiger partial charge in [-0.05, 0) is 30.2 Å². The third-order valence-corrected chi connectivity index (χ3v) is 5.28. The summed E-state index contributed by atoms with van der Waals surface area (Å²) in [5.74, 6) is 0.250. The molecule has 0 spiro atoms. The standard InChI is InChI=1S/C22H23F3N4O2/c1-28-20(21(30)26-16-9-10-29(12-16)14-22(23,24)25)18-11-17(7-8-19(18)27-28)31-13-15-5-3-2-4-6-15/h2-8,11,16H,9-10,12-14H2,1H3,(H,26,30). The molecule has 3 aromatic rings. The summed E-state index contributed by atoms with van der Waals surface area (Å²) in [6.45, 7) is -0.0953.